The van der Waals surface area contributed by atoms with Crippen LogP contribution in [0.25, 0.3) is 0 Å². The second kappa shape index (κ2) is 11.5. The Labute approximate surface area is 199 Å². The molecule has 2 heterocycles. The Morgan fingerprint density at radius 2 is 1.58 bits per heavy atom. The van der Waals surface area contributed by atoms with E-state index in [1.807, 2.05) is 7.11 Å². The molecular formula is C25H45N4O4+. The SMILES string of the molecule is COC(=O)[C@@H]1CC2[NH2+]CN(CC3CCC(OC)CC3)C2CN1CC1CCC(NC(C)=O)CC1. The number of fused-ring (bicyclic) bond motifs is 1. The van der Waals surface area contributed by atoms with Gasteiger partial charge >= 0.3 is 5.97 Å². The van der Waals surface area contributed by atoms with Crippen molar-refractivity contribution < 1.29 is 24.4 Å². The number of esters is 1. The first-order valence-corrected chi connectivity index (χ1v) is 13.2. The molecule has 2 saturated carbocycles. The predicted molar refractivity (Wildman–Crippen MR) is 125 cm³/mol. The Balaban J connectivity index is 1.34. The lowest BCUT2D eigenvalue weighted by Crippen LogP contribution is -2.89. The van der Waals surface area contributed by atoms with Crippen LogP contribution in [0.2, 0.25) is 0 Å². The molecular weight excluding hydrogens is 420 g/mol. The maximum atomic E-state index is 12.7. The summed E-state index contributed by atoms with van der Waals surface area (Å²) >= 11 is 0. The third-order valence-corrected chi connectivity index (χ3v) is 8.80. The predicted octanol–water partition coefficient (Wildman–Crippen LogP) is 0.708. The topological polar surface area (TPSA) is 87.7 Å². The highest BCUT2D eigenvalue weighted by Gasteiger charge is 2.48. The quantitative estimate of drug-likeness (QED) is 0.539. The molecule has 4 rings (SSSR count). The Morgan fingerprint density at radius 1 is 0.939 bits per heavy atom. The van der Waals surface area contributed by atoms with Crippen LogP contribution in [0.5, 0.6) is 0 Å². The molecule has 2 aliphatic carbocycles. The molecule has 2 saturated heterocycles. The molecule has 4 aliphatic rings. The number of ether oxygens (including phenoxy) is 2. The van der Waals surface area contributed by atoms with Crippen molar-refractivity contribution in [2.45, 2.75) is 95.0 Å². The number of methoxy groups -OCH3 is 2. The largest absolute Gasteiger partial charge is 0.468 e. The molecule has 0 radical (unpaired) electrons. The van der Waals surface area contributed by atoms with Crippen LogP contribution in [0.1, 0.15) is 64.7 Å². The molecule has 0 spiro atoms. The average Bonchev–Trinajstić information content (AvgIpc) is 3.21. The van der Waals surface area contributed by atoms with Gasteiger partial charge in [-0.3, -0.25) is 14.5 Å². The van der Waals surface area contributed by atoms with Gasteiger partial charge in [-0.25, -0.2) is 4.90 Å². The molecule has 0 bridgehead atoms. The van der Waals surface area contributed by atoms with Crippen molar-refractivity contribution in [1.29, 1.82) is 0 Å². The Hall–Kier alpha value is -1.22. The number of hydrogen-bond donors (Lipinski definition) is 2. The molecule has 0 aromatic rings. The zero-order valence-electron chi connectivity index (χ0n) is 20.8. The molecule has 0 aromatic heterocycles. The number of piperidine rings is 1. The van der Waals surface area contributed by atoms with Gasteiger partial charge in [0.05, 0.1) is 19.3 Å². The van der Waals surface area contributed by atoms with Crippen LogP contribution < -0.4 is 10.6 Å². The van der Waals surface area contributed by atoms with Crippen LogP contribution in [0.15, 0.2) is 0 Å². The summed E-state index contributed by atoms with van der Waals surface area (Å²) in [6, 6.07) is 1.18. The van der Waals surface area contributed by atoms with Gasteiger partial charge in [0.2, 0.25) is 5.91 Å². The summed E-state index contributed by atoms with van der Waals surface area (Å²) in [5, 5.41) is 5.53. The summed E-state index contributed by atoms with van der Waals surface area (Å²) in [5.74, 6) is 1.34. The highest BCUT2D eigenvalue weighted by atomic mass is 16.5. The van der Waals surface area contributed by atoms with E-state index in [9.17, 15) is 9.59 Å². The van der Waals surface area contributed by atoms with Gasteiger partial charge < -0.3 is 20.1 Å². The van der Waals surface area contributed by atoms with Gasteiger partial charge in [-0.15, -0.1) is 0 Å². The summed E-state index contributed by atoms with van der Waals surface area (Å²) in [5.41, 5.74) is 0. The molecule has 0 aromatic carbocycles. The number of carbonyl (C=O) groups excluding carboxylic acids is 2. The minimum atomic E-state index is -0.127. The second-order valence-electron chi connectivity index (χ2n) is 10.9. The van der Waals surface area contributed by atoms with Gasteiger partial charge in [0, 0.05) is 46.1 Å². The van der Waals surface area contributed by atoms with Crippen LogP contribution in [0.4, 0.5) is 0 Å². The molecule has 2 unspecified atom stereocenters. The van der Waals surface area contributed by atoms with Crippen molar-refractivity contribution in [2.24, 2.45) is 11.8 Å². The molecule has 4 fully saturated rings. The van der Waals surface area contributed by atoms with E-state index in [1.54, 1.807) is 6.92 Å². The van der Waals surface area contributed by atoms with E-state index in [4.69, 9.17) is 9.47 Å². The Bertz CT molecular complexity index is 661. The van der Waals surface area contributed by atoms with E-state index in [-0.39, 0.29) is 17.9 Å². The van der Waals surface area contributed by atoms with Crippen LogP contribution in [-0.4, -0.2) is 92.5 Å². The van der Waals surface area contributed by atoms with E-state index < -0.39 is 0 Å². The fraction of sp³-hybridized carbons (Fsp3) is 0.920. The van der Waals surface area contributed by atoms with Crippen LogP contribution in [0, 0.1) is 11.8 Å². The zero-order chi connectivity index (χ0) is 23.4. The standard InChI is InChI=1S/C25H44N4O4/c1-17(30)27-20-8-4-18(5-9-20)13-28-15-24-22(12-23(28)25(31)33-3)26-16-29(24)14-19-6-10-21(32-2)11-7-19/h18-24,26H,4-16H2,1-3H3,(H,27,30)/p+1/t18?,19?,20?,21?,22?,23-,24?/m0/s1. The highest BCUT2D eigenvalue weighted by Crippen LogP contribution is 2.32. The fourth-order valence-corrected chi connectivity index (χ4v) is 6.90. The maximum absolute atomic E-state index is 12.7. The Morgan fingerprint density at radius 3 is 2.18 bits per heavy atom. The van der Waals surface area contributed by atoms with E-state index in [0.29, 0.717) is 30.1 Å². The summed E-state index contributed by atoms with van der Waals surface area (Å²) in [7, 11) is 3.36. The van der Waals surface area contributed by atoms with Gasteiger partial charge in [-0.05, 0) is 63.2 Å². The number of likely N-dealkylation sites (tertiary alicyclic amines) is 1. The first-order valence-electron chi connectivity index (χ1n) is 13.2. The first kappa shape index (κ1) is 24.9. The number of nitrogens with one attached hydrogen (secondary N) is 1. The summed E-state index contributed by atoms with van der Waals surface area (Å²) in [4.78, 5) is 29.2. The van der Waals surface area contributed by atoms with Crippen molar-refractivity contribution in [3.8, 4) is 0 Å². The molecule has 33 heavy (non-hydrogen) atoms. The minimum Gasteiger partial charge on any atom is -0.468 e. The van der Waals surface area contributed by atoms with Crippen molar-refractivity contribution in [3.63, 3.8) is 0 Å². The summed E-state index contributed by atoms with van der Waals surface area (Å²) in [6.45, 7) is 5.74. The summed E-state index contributed by atoms with van der Waals surface area (Å²) in [6.07, 6.45) is 10.5. The zero-order valence-corrected chi connectivity index (χ0v) is 20.8. The molecule has 188 valence electrons. The first-order chi connectivity index (χ1) is 16.0. The van der Waals surface area contributed by atoms with E-state index in [0.717, 1.165) is 57.8 Å². The molecule has 1 amide bonds. The van der Waals surface area contributed by atoms with Gasteiger partial charge in [-0.1, -0.05) is 0 Å². The minimum absolute atomic E-state index is 0.0690. The van der Waals surface area contributed by atoms with Gasteiger partial charge in [0.15, 0.2) is 0 Å². The normalized spacial score (nSPS) is 38.0. The van der Waals surface area contributed by atoms with Crippen LogP contribution >= 0.6 is 0 Å². The number of carbonyl (C=O) groups is 2. The van der Waals surface area contributed by atoms with Crippen molar-refractivity contribution >= 4 is 11.9 Å². The third-order valence-electron chi connectivity index (χ3n) is 8.80. The van der Waals surface area contributed by atoms with Crippen LogP contribution in [0.3, 0.4) is 0 Å². The molecule has 3 N–H and O–H groups in total. The number of quaternary nitrogens is 1. The number of amides is 1. The van der Waals surface area contributed by atoms with Crippen LogP contribution in [-0.2, 0) is 19.1 Å². The fourth-order valence-electron chi connectivity index (χ4n) is 6.90. The van der Waals surface area contributed by atoms with Gasteiger partial charge in [-0.2, -0.15) is 0 Å². The number of rotatable bonds is 7. The Kier molecular flexibility index (Phi) is 8.65. The number of nitrogens with zero attached hydrogens (tertiary/aromatic N) is 2. The number of nitrogens with two attached hydrogens (primary N) is 1. The van der Waals surface area contributed by atoms with E-state index in [2.05, 4.69) is 20.4 Å². The summed E-state index contributed by atoms with van der Waals surface area (Å²) < 4.78 is 10.8. The second-order valence-corrected chi connectivity index (χ2v) is 10.9. The lowest BCUT2D eigenvalue weighted by Gasteiger charge is -2.43. The third kappa shape index (κ3) is 6.27. The smallest absolute Gasteiger partial charge is 0.323 e. The average molecular weight is 466 g/mol. The monoisotopic (exact) mass is 465 g/mol. The molecule has 8 nitrogen and oxygen atoms in total. The lowest BCUT2D eigenvalue weighted by atomic mass is 9.84. The number of hydrogen-bond acceptors (Lipinski definition) is 6. The lowest BCUT2D eigenvalue weighted by molar-refractivity contribution is -0.678. The molecule has 3 atom stereocenters. The molecule has 2 aliphatic heterocycles. The van der Waals surface area contributed by atoms with E-state index in [1.165, 1.54) is 39.3 Å². The maximum Gasteiger partial charge on any atom is 0.323 e. The van der Waals surface area contributed by atoms with Crippen molar-refractivity contribution in [1.82, 2.24) is 15.1 Å². The van der Waals surface area contributed by atoms with Crippen molar-refractivity contribution in [2.75, 3.05) is 40.5 Å². The van der Waals surface area contributed by atoms with Crippen molar-refractivity contribution in [3.05, 3.63) is 0 Å². The van der Waals surface area contributed by atoms with E-state index >= 15 is 0 Å². The van der Waals surface area contributed by atoms with Gasteiger partial charge in [0.1, 0.15) is 18.8 Å². The van der Waals surface area contributed by atoms with Gasteiger partial charge in [0.25, 0.3) is 0 Å². The highest BCUT2D eigenvalue weighted by molar-refractivity contribution is 5.76. The molecule has 8 heteroatoms.